The van der Waals surface area contributed by atoms with Crippen LogP contribution >= 0.6 is 0 Å². The molecule has 2 aromatic rings. The summed E-state index contributed by atoms with van der Waals surface area (Å²) in [6, 6.07) is 13.4. The zero-order valence-electron chi connectivity index (χ0n) is 17.1. The van der Waals surface area contributed by atoms with Gasteiger partial charge in [0.1, 0.15) is 12.3 Å². The molecule has 2 amide bonds. The van der Waals surface area contributed by atoms with Crippen molar-refractivity contribution < 1.29 is 14.0 Å². The van der Waals surface area contributed by atoms with Crippen LogP contribution in [-0.2, 0) is 22.7 Å². The number of furan rings is 1. The van der Waals surface area contributed by atoms with Crippen LogP contribution in [0.5, 0.6) is 0 Å². The summed E-state index contributed by atoms with van der Waals surface area (Å²) < 4.78 is 5.43. The second-order valence-corrected chi connectivity index (χ2v) is 8.12. The molecule has 0 fully saturated rings. The smallest absolute Gasteiger partial charge is 0.242 e. The van der Waals surface area contributed by atoms with Gasteiger partial charge in [-0.3, -0.25) is 9.59 Å². The number of amides is 2. The van der Waals surface area contributed by atoms with Crippen molar-refractivity contribution in [3.05, 3.63) is 72.7 Å². The first-order chi connectivity index (χ1) is 13.3. The third kappa shape index (κ3) is 7.06. The van der Waals surface area contributed by atoms with E-state index in [1.165, 1.54) is 0 Å². The van der Waals surface area contributed by atoms with Crippen LogP contribution in [0.1, 0.15) is 38.5 Å². The molecule has 2 rings (SSSR count). The van der Waals surface area contributed by atoms with Crippen LogP contribution in [0.4, 0.5) is 0 Å². The Kier molecular flexibility index (Phi) is 7.61. The Hall–Kier alpha value is -2.82. The molecule has 5 nitrogen and oxygen atoms in total. The first-order valence-corrected chi connectivity index (χ1v) is 9.51. The van der Waals surface area contributed by atoms with Crippen LogP contribution in [0.2, 0.25) is 0 Å². The molecule has 0 bridgehead atoms. The predicted octanol–water partition coefficient (Wildman–Crippen LogP) is 4.26. The van der Waals surface area contributed by atoms with Gasteiger partial charge in [0, 0.05) is 19.5 Å². The number of hydrogen-bond acceptors (Lipinski definition) is 3. The third-order valence-electron chi connectivity index (χ3n) is 4.21. The summed E-state index contributed by atoms with van der Waals surface area (Å²) in [4.78, 5) is 29.0. The van der Waals surface area contributed by atoms with Crippen LogP contribution in [0.3, 0.4) is 0 Å². The molecule has 0 radical (unpaired) electrons. The summed E-state index contributed by atoms with van der Waals surface area (Å²) in [5.41, 5.74) is 0.885. The first-order valence-electron chi connectivity index (χ1n) is 9.51. The topological polar surface area (TPSA) is 53.8 Å². The van der Waals surface area contributed by atoms with E-state index >= 15 is 0 Å². The summed E-state index contributed by atoms with van der Waals surface area (Å²) in [6.45, 7) is 10.9. The Bertz CT molecular complexity index is 761. The van der Waals surface area contributed by atoms with E-state index in [0.29, 0.717) is 31.8 Å². The van der Waals surface area contributed by atoms with E-state index in [-0.39, 0.29) is 23.8 Å². The standard InChI is InChI=1S/C23H30N2O3/c1-5-13-24(21(26)15-23(2,3)4)18-22(27)25(17-20-12-9-14-28-20)16-19-10-7-6-8-11-19/h5-12,14H,1,13,15-18H2,2-4H3. The summed E-state index contributed by atoms with van der Waals surface area (Å²) in [6.07, 6.45) is 3.63. The van der Waals surface area contributed by atoms with Crippen LogP contribution in [0.25, 0.3) is 0 Å². The zero-order chi connectivity index (χ0) is 20.6. The van der Waals surface area contributed by atoms with Crippen molar-refractivity contribution in [2.24, 2.45) is 5.41 Å². The zero-order valence-corrected chi connectivity index (χ0v) is 17.1. The molecule has 1 heterocycles. The van der Waals surface area contributed by atoms with E-state index in [9.17, 15) is 9.59 Å². The van der Waals surface area contributed by atoms with Crippen LogP contribution in [0.15, 0.2) is 65.8 Å². The minimum atomic E-state index is -0.141. The van der Waals surface area contributed by atoms with Crippen molar-refractivity contribution >= 4 is 11.8 Å². The largest absolute Gasteiger partial charge is 0.467 e. The summed E-state index contributed by atoms with van der Waals surface area (Å²) in [5, 5.41) is 0. The van der Waals surface area contributed by atoms with Crippen LogP contribution in [0, 0.1) is 5.41 Å². The van der Waals surface area contributed by atoms with Gasteiger partial charge in [-0.15, -0.1) is 6.58 Å². The van der Waals surface area contributed by atoms with Crippen molar-refractivity contribution in [3.63, 3.8) is 0 Å². The van der Waals surface area contributed by atoms with E-state index in [2.05, 4.69) is 6.58 Å². The molecular weight excluding hydrogens is 352 g/mol. The van der Waals surface area contributed by atoms with Gasteiger partial charge in [-0.2, -0.15) is 0 Å². The SMILES string of the molecule is C=CCN(CC(=O)N(Cc1ccccc1)Cc1ccco1)C(=O)CC(C)(C)C. The average Bonchev–Trinajstić information content (AvgIpc) is 3.13. The van der Waals surface area contributed by atoms with Crippen LogP contribution in [-0.4, -0.2) is 34.7 Å². The quantitative estimate of drug-likeness (QED) is 0.609. The lowest BCUT2D eigenvalue weighted by molar-refractivity contribution is -0.142. The van der Waals surface area contributed by atoms with Crippen molar-refractivity contribution in [1.82, 2.24) is 9.80 Å². The highest BCUT2D eigenvalue weighted by atomic mass is 16.3. The molecule has 0 aliphatic heterocycles. The maximum absolute atomic E-state index is 13.1. The Balaban J connectivity index is 2.14. The van der Waals surface area contributed by atoms with Gasteiger partial charge in [0.05, 0.1) is 12.8 Å². The Morgan fingerprint density at radius 2 is 1.71 bits per heavy atom. The van der Waals surface area contributed by atoms with E-state index < -0.39 is 0 Å². The van der Waals surface area contributed by atoms with E-state index in [4.69, 9.17) is 4.42 Å². The Labute approximate surface area is 167 Å². The molecule has 0 aliphatic rings. The normalized spacial score (nSPS) is 11.1. The number of rotatable bonds is 9. The fourth-order valence-corrected chi connectivity index (χ4v) is 2.87. The Morgan fingerprint density at radius 3 is 2.29 bits per heavy atom. The highest BCUT2D eigenvalue weighted by Gasteiger charge is 2.25. The van der Waals surface area contributed by atoms with Gasteiger partial charge in [0.2, 0.25) is 11.8 Å². The highest BCUT2D eigenvalue weighted by Crippen LogP contribution is 2.20. The third-order valence-corrected chi connectivity index (χ3v) is 4.21. The van der Waals surface area contributed by atoms with Crippen molar-refractivity contribution in [1.29, 1.82) is 0 Å². The molecular formula is C23H30N2O3. The molecule has 150 valence electrons. The van der Waals surface area contributed by atoms with Gasteiger partial charge >= 0.3 is 0 Å². The van der Waals surface area contributed by atoms with Gasteiger partial charge in [0.25, 0.3) is 0 Å². The first kappa shape index (κ1) is 21.5. The van der Waals surface area contributed by atoms with Crippen molar-refractivity contribution in [3.8, 4) is 0 Å². The van der Waals surface area contributed by atoms with Crippen molar-refractivity contribution in [2.75, 3.05) is 13.1 Å². The molecule has 0 saturated carbocycles. The minimum Gasteiger partial charge on any atom is -0.467 e. The van der Waals surface area contributed by atoms with Gasteiger partial charge in [-0.05, 0) is 23.1 Å². The summed E-state index contributed by atoms with van der Waals surface area (Å²) in [7, 11) is 0. The number of hydrogen-bond donors (Lipinski definition) is 0. The molecule has 5 heteroatoms. The highest BCUT2D eigenvalue weighted by molar-refractivity contribution is 5.85. The van der Waals surface area contributed by atoms with E-state index in [0.717, 1.165) is 5.56 Å². The molecule has 1 aromatic heterocycles. The number of carbonyl (C=O) groups is 2. The van der Waals surface area contributed by atoms with E-state index in [1.54, 1.807) is 28.2 Å². The van der Waals surface area contributed by atoms with Gasteiger partial charge in [-0.25, -0.2) is 0 Å². The minimum absolute atomic E-state index is 0.0223. The molecule has 0 atom stereocenters. The fourth-order valence-electron chi connectivity index (χ4n) is 2.87. The number of benzene rings is 1. The van der Waals surface area contributed by atoms with Gasteiger partial charge in [-0.1, -0.05) is 57.2 Å². The lowest BCUT2D eigenvalue weighted by Gasteiger charge is -2.28. The van der Waals surface area contributed by atoms with Gasteiger partial charge in [0.15, 0.2) is 0 Å². The molecule has 0 N–H and O–H groups in total. The maximum Gasteiger partial charge on any atom is 0.242 e. The molecule has 0 spiro atoms. The summed E-state index contributed by atoms with van der Waals surface area (Å²) >= 11 is 0. The van der Waals surface area contributed by atoms with E-state index in [1.807, 2.05) is 57.2 Å². The maximum atomic E-state index is 13.1. The molecule has 1 aromatic carbocycles. The number of carbonyl (C=O) groups excluding carboxylic acids is 2. The fraction of sp³-hybridized carbons (Fsp3) is 0.391. The molecule has 28 heavy (non-hydrogen) atoms. The number of nitrogens with zero attached hydrogens (tertiary/aromatic N) is 2. The average molecular weight is 383 g/mol. The lowest BCUT2D eigenvalue weighted by Crippen LogP contribution is -2.43. The second kappa shape index (κ2) is 9.93. The predicted molar refractivity (Wildman–Crippen MR) is 110 cm³/mol. The Morgan fingerprint density at radius 1 is 1.00 bits per heavy atom. The molecule has 0 unspecified atom stereocenters. The second-order valence-electron chi connectivity index (χ2n) is 8.12. The monoisotopic (exact) mass is 382 g/mol. The van der Waals surface area contributed by atoms with Crippen molar-refractivity contribution in [2.45, 2.75) is 40.3 Å². The molecule has 0 saturated heterocycles. The van der Waals surface area contributed by atoms with Gasteiger partial charge < -0.3 is 14.2 Å². The summed E-state index contributed by atoms with van der Waals surface area (Å²) in [5.74, 6) is 0.545. The van der Waals surface area contributed by atoms with Crippen LogP contribution < -0.4 is 0 Å². The molecule has 0 aliphatic carbocycles. The lowest BCUT2D eigenvalue weighted by atomic mass is 9.91.